The van der Waals surface area contributed by atoms with Gasteiger partial charge in [0, 0.05) is 0 Å². The van der Waals surface area contributed by atoms with E-state index in [4.69, 9.17) is 10.2 Å². The zero-order chi connectivity index (χ0) is 9.35. The van der Waals surface area contributed by atoms with Crippen molar-refractivity contribution in [2.24, 2.45) is 5.92 Å². The molecule has 1 fully saturated rings. The Morgan fingerprint density at radius 2 is 2.00 bits per heavy atom. The third kappa shape index (κ3) is 1.95. The number of aliphatic carboxylic acids is 1. The van der Waals surface area contributed by atoms with Crippen molar-refractivity contribution in [3.63, 3.8) is 0 Å². The first-order valence-electron chi connectivity index (χ1n) is 3.54. The van der Waals surface area contributed by atoms with Crippen molar-refractivity contribution in [2.75, 3.05) is 11.5 Å². The molecule has 0 aromatic rings. The van der Waals surface area contributed by atoms with Crippen LogP contribution in [0.25, 0.3) is 0 Å². The highest BCUT2D eigenvalue weighted by atomic mass is 32.2. The van der Waals surface area contributed by atoms with Crippen molar-refractivity contribution >= 4 is 15.8 Å². The van der Waals surface area contributed by atoms with Gasteiger partial charge in [-0.2, -0.15) is 0 Å². The molecule has 0 saturated carbocycles. The molecule has 70 valence electrons. The summed E-state index contributed by atoms with van der Waals surface area (Å²) in [6, 6.07) is 0. The summed E-state index contributed by atoms with van der Waals surface area (Å²) in [7, 11) is -3.21. The maximum absolute atomic E-state index is 10.9. The predicted octanol–water partition coefficient (Wildman–Crippen LogP) is -1.13. The summed E-state index contributed by atoms with van der Waals surface area (Å²) in [6.45, 7) is 0. The lowest BCUT2D eigenvalue weighted by atomic mass is 10.0. The van der Waals surface area contributed by atoms with Gasteiger partial charge in [-0.15, -0.1) is 0 Å². The third-order valence-electron chi connectivity index (χ3n) is 1.95. The second kappa shape index (κ2) is 3.02. The van der Waals surface area contributed by atoms with Gasteiger partial charge < -0.3 is 10.2 Å². The Morgan fingerprint density at radius 3 is 2.42 bits per heavy atom. The molecule has 2 N–H and O–H groups in total. The van der Waals surface area contributed by atoms with E-state index in [1.807, 2.05) is 0 Å². The average Bonchev–Trinajstić information content (AvgIpc) is 1.83. The quantitative estimate of drug-likeness (QED) is 0.551. The van der Waals surface area contributed by atoms with Crippen LogP contribution in [0.3, 0.4) is 0 Å². The van der Waals surface area contributed by atoms with Crippen LogP contribution in [-0.2, 0) is 14.6 Å². The van der Waals surface area contributed by atoms with Gasteiger partial charge in [-0.05, 0) is 6.42 Å². The molecule has 12 heavy (non-hydrogen) atoms. The van der Waals surface area contributed by atoms with Gasteiger partial charge in [0.2, 0.25) is 0 Å². The summed E-state index contributed by atoms with van der Waals surface area (Å²) in [6.07, 6.45) is -1.24. The highest BCUT2D eigenvalue weighted by molar-refractivity contribution is 7.91. The molecule has 5 nitrogen and oxygen atoms in total. The number of carboxylic acid groups (broad SMARTS) is 1. The molecule has 0 amide bonds. The van der Waals surface area contributed by atoms with Crippen molar-refractivity contribution in [3.8, 4) is 0 Å². The van der Waals surface area contributed by atoms with Crippen molar-refractivity contribution < 1.29 is 23.4 Å². The minimum atomic E-state index is -3.21. The standard InChI is InChI=1S/C6H10O5S/c7-5-3-12(10,11)2-1-4(5)6(8)9/h4-5,7H,1-3H2,(H,8,9). The smallest absolute Gasteiger partial charge is 0.309 e. The average molecular weight is 194 g/mol. The van der Waals surface area contributed by atoms with E-state index < -0.39 is 33.6 Å². The number of hydrogen-bond donors (Lipinski definition) is 2. The van der Waals surface area contributed by atoms with Crippen LogP contribution < -0.4 is 0 Å². The molecular formula is C6H10O5S. The van der Waals surface area contributed by atoms with Gasteiger partial charge in [0.05, 0.1) is 23.5 Å². The molecule has 6 heteroatoms. The maximum atomic E-state index is 10.9. The number of carboxylic acids is 1. The van der Waals surface area contributed by atoms with E-state index in [2.05, 4.69) is 0 Å². The van der Waals surface area contributed by atoms with Crippen LogP contribution in [0.4, 0.5) is 0 Å². The summed E-state index contributed by atoms with van der Waals surface area (Å²) in [5.41, 5.74) is 0. The number of sulfone groups is 1. The van der Waals surface area contributed by atoms with Crippen molar-refractivity contribution in [3.05, 3.63) is 0 Å². The Bertz CT molecular complexity index is 280. The van der Waals surface area contributed by atoms with Crippen LogP contribution in [0.1, 0.15) is 6.42 Å². The van der Waals surface area contributed by atoms with Gasteiger partial charge in [0.15, 0.2) is 9.84 Å². The summed E-state index contributed by atoms with van der Waals surface area (Å²) >= 11 is 0. The molecule has 0 bridgehead atoms. The van der Waals surface area contributed by atoms with Gasteiger partial charge in [-0.3, -0.25) is 4.79 Å². The van der Waals surface area contributed by atoms with Crippen LogP contribution in [0.15, 0.2) is 0 Å². The molecule has 1 aliphatic rings. The van der Waals surface area contributed by atoms with Crippen molar-refractivity contribution in [1.82, 2.24) is 0 Å². The van der Waals surface area contributed by atoms with Crippen molar-refractivity contribution in [1.29, 1.82) is 0 Å². The molecule has 1 rings (SSSR count). The number of rotatable bonds is 1. The molecule has 1 aliphatic heterocycles. The van der Waals surface area contributed by atoms with E-state index in [-0.39, 0.29) is 12.2 Å². The van der Waals surface area contributed by atoms with E-state index >= 15 is 0 Å². The molecular weight excluding hydrogens is 184 g/mol. The van der Waals surface area contributed by atoms with E-state index in [9.17, 15) is 13.2 Å². The summed E-state index contributed by atoms with van der Waals surface area (Å²) in [4.78, 5) is 10.4. The minimum Gasteiger partial charge on any atom is -0.481 e. The summed E-state index contributed by atoms with van der Waals surface area (Å²) in [5.74, 6) is -2.61. The maximum Gasteiger partial charge on any atom is 0.309 e. The van der Waals surface area contributed by atoms with Crippen molar-refractivity contribution in [2.45, 2.75) is 12.5 Å². The zero-order valence-corrected chi connectivity index (χ0v) is 7.12. The van der Waals surface area contributed by atoms with Gasteiger partial charge in [0.25, 0.3) is 0 Å². The fourth-order valence-electron chi connectivity index (χ4n) is 1.25. The van der Waals surface area contributed by atoms with Gasteiger partial charge in [-0.25, -0.2) is 8.42 Å². The number of aliphatic hydroxyl groups excluding tert-OH is 1. The van der Waals surface area contributed by atoms with Crippen LogP contribution in [0.2, 0.25) is 0 Å². The molecule has 0 radical (unpaired) electrons. The summed E-state index contributed by atoms with van der Waals surface area (Å²) in [5, 5.41) is 17.6. The lowest BCUT2D eigenvalue weighted by Crippen LogP contribution is -2.40. The lowest BCUT2D eigenvalue weighted by molar-refractivity contribution is -0.145. The first-order valence-corrected chi connectivity index (χ1v) is 5.36. The normalized spacial score (nSPS) is 34.4. The SMILES string of the molecule is O=C(O)C1CCS(=O)(=O)CC1O. The number of carbonyl (C=O) groups is 1. The van der Waals surface area contributed by atoms with Gasteiger partial charge >= 0.3 is 5.97 Å². The topological polar surface area (TPSA) is 91.7 Å². The first-order chi connectivity index (χ1) is 5.42. The molecule has 0 aromatic heterocycles. The monoisotopic (exact) mass is 194 g/mol. The van der Waals surface area contributed by atoms with E-state index in [0.29, 0.717) is 0 Å². The van der Waals surface area contributed by atoms with Crippen LogP contribution >= 0.6 is 0 Å². The number of hydrogen-bond acceptors (Lipinski definition) is 4. The van der Waals surface area contributed by atoms with Gasteiger partial charge in [-0.1, -0.05) is 0 Å². The van der Waals surface area contributed by atoms with E-state index in [0.717, 1.165) is 0 Å². The fourth-order valence-corrected chi connectivity index (χ4v) is 2.78. The lowest BCUT2D eigenvalue weighted by Gasteiger charge is -2.23. The molecule has 0 spiro atoms. The van der Waals surface area contributed by atoms with Crippen LogP contribution in [-0.4, -0.2) is 42.2 Å². The summed E-state index contributed by atoms with van der Waals surface area (Å²) < 4.78 is 21.8. The molecule has 0 aromatic carbocycles. The molecule has 1 saturated heterocycles. The largest absolute Gasteiger partial charge is 0.481 e. The second-order valence-corrected chi connectivity index (χ2v) is 5.14. The zero-order valence-electron chi connectivity index (χ0n) is 6.30. The fraction of sp³-hybridized carbons (Fsp3) is 0.833. The molecule has 2 atom stereocenters. The van der Waals surface area contributed by atoms with Crippen LogP contribution in [0.5, 0.6) is 0 Å². The van der Waals surface area contributed by atoms with Gasteiger partial charge in [0.1, 0.15) is 0 Å². The predicted molar refractivity (Wildman–Crippen MR) is 40.4 cm³/mol. The Hall–Kier alpha value is -0.620. The molecule has 0 aliphatic carbocycles. The number of aliphatic hydroxyl groups is 1. The Labute approximate surface area is 69.9 Å². The highest BCUT2D eigenvalue weighted by Gasteiger charge is 2.35. The Morgan fingerprint density at radius 1 is 1.42 bits per heavy atom. The minimum absolute atomic E-state index is 0.0127. The Balaban J connectivity index is 2.72. The van der Waals surface area contributed by atoms with E-state index in [1.165, 1.54) is 0 Å². The Kier molecular flexibility index (Phi) is 2.39. The van der Waals surface area contributed by atoms with E-state index in [1.54, 1.807) is 0 Å². The third-order valence-corrected chi connectivity index (χ3v) is 3.65. The molecule has 2 unspecified atom stereocenters. The van der Waals surface area contributed by atoms with Crippen LogP contribution in [0, 0.1) is 5.92 Å². The second-order valence-electron chi connectivity index (χ2n) is 2.92. The first kappa shape index (κ1) is 9.47. The molecule has 1 heterocycles. The highest BCUT2D eigenvalue weighted by Crippen LogP contribution is 2.19.